The van der Waals surface area contributed by atoms with Crippen LogP contribution < -0.4 is 24.8 Å². The molecule has 2 aliphatic heterocycles. The highest BCUT2D eigenvalue weighted by molar-refractivity contribution is 7.91. The molecule has 1 aromatic carbocycles. The van der Waals surface area contributed by atoms with Crippen LogP contribution in [0.2, 0.25) is 0 Å². The molecule has 2 saturated carbocycles. The molecule has 0 spiro atoms. The number of methoxy groups -OCH3 is 1. The van der Waals surface area contributed by atoms with Crippen LogP contribution in [0.4, 0.5) is 22.4 Å². The number of allylic oxidation sites excluding steroid dienone is 1. The molecule has 0 bridgehead atoms. The Kier molecular flexibility index (Phi) is 11.7. The number of halogens is 4. The number of alkyl halides is 4. The van der Waals surface area contributed by atoms with Gasteiger partial charge in [-0.05, 0) is 75.7 Å². The molecular weight excluding hydrogens is 791 g/mol. The number of carbonyl (C=O) groups excluding carboxylic acids is 4. The number of amides is 4. The van der Waals surface area contributed by atoms with Gasteiger partial charge < -0.3 is 29.7 Å². The van der Waals surface area contributed by atoms with Gasteiger partial charge in [0.1, 0.15) is 35.1 Å². The molecule has 2 aliphatic carbocycles. The van der Waals surface area contributed by atoms with E-state index in [-0.39, 0.29) is 49.9 Å². The summed E-state index contributed by atoms with van der Waals surface area (Å²) in [6, 6.07) is 5.96. The zero-order valence-electron chi connectivity index (χ0n) is 32.9. The monoisotopic (exact) mass is 839 g/mol. The zero-order chi connectivity index (χ0) is 42.4. The number of hydrogen-bond acceptors (Lipinski definition) is 10. The summed E-state index contributed by atoms with van der Waals surface area (Å²) >= 11 is 0. The van der Waals surface area contributed by atoms with Crippen molar-refractivity contribution in [1.82, 2.24) is 25.2 Å². The topological polar surface area (TPSA) is 182 Å². The van der Waals surface area contributed by atoms with Gasteiger partial charge in [0.25, 0.3) is 5.91 Å². The predicted octanol–water partition coefficient (Wildman–Crippen LogP) is 4.86. The first kappa shape index (κ1) is 42.9. The molecule has 4 amide bonds. The highest BCUT2D eigenvalue weighted by Crippen LogP contribution is 2.48. The van der Waals surface area contributed by atoms with Gasteiger partial charge in [0.15, 0.2) is 0 Å². The summed E-state index contributed by atoms with van der Waals surface area (Å²) in [7, 11) is -3.04. The maximum Gasteiger partial charge on any atom is 0.427 e. The third kappa shape index (κ3) is 8.54. The second-order valence-corrected chi connectivity index (χ2v) is 18.6. The summed E-state index contributed by atoms with van der Waals surface area (Å²) in [6.07, 6.45) is -2.54. The van der Waals surface area contributed by atoms with E-state index in [0.717, 1.165) is 10.3 Å². The van der Waals surface area contributed by atoms with Crippen LogP contribution in [-0.2, 0) is 29.1 Å². The average Bonchev–Trinajstić information content (AvgIpc) is 4.06. The van der Waals surface area contributed by atoms with Gasteiger partial charge in [-0.3, -0.25) is 19.1 Å². The molecule has 7 atom stereocenters. The number of aromatic nitrogens is 1. The third-order valence-corrected chi connectivity index (χ3v) is 13.9. The Bertz CT molecular complexity index is 2080. The Labute approximate surface area is 333 Å². The van der Waals surface area contributed by atoms with Crippen molar-refractivity contribution in [3.63, 3.8) is 0 Å². The van der Waals surface area contributed by atoms with Gasteiger partial charge in [0.2, 0.25) is 39.2 Å². The maximum absolute atomic E-state index is 14.7. The second kappa shape index (κ2) is 15.8. The lowest BCUT2D eigenvalue weighted by Crippen LogP contribution is -2.60. The number of ether oxygens (including phenoxy) is 3. The van der Waals surface area contributed by atoms with Gasteiger partial charge in [-0.2, -0.15) is 18.2 Å². The van der Waals surface area contributed by atoms with E-state index in [2.05, 4.69) is 15.6 Å². The van der Waals surface area contributed by atoms with E-state index in [0.29, 0.717) is 38.5 Å². The van der Waals surface area contributed by atoms with E-state index in [1.54, 1.807) is 43.3 Å². The van der Waals surface area contributed by atoms with Crippen LogP contribution in [0.5, 0.6) is 11.8 Å². The molecule has 0 radical (unpaired) electrons. The molecule has 2 aromatic rings. The summed E-state index contributed by atoms with van der Waals surface area (Å²) in [5.74, 6) is -3.77. The minimum atomic E-state index is -4.93. The summed E-state index contributed by atoms with van der Waals surface area (Å²) in [6.45, 7) is 3.47. The van der Waals surface area contributed by atoms with Crippen LogP contribution in [0, 0.1) is 17.8 Å². The number of rotatable bonds is 9. The fraction of sp³-hybridized carbons (Fsp3) is 0.615. The zero-order valence-corrected chi connectivity index (χ0v) is 33.7. The number of nitrogens with zero attached hydrogens (tertiary/aromatic N) is 2. The standard InChI is InChI=1S/C39H49F4N5O9S/c1-22-10-6-8-12-25-19-38(25,34(51)47-58(53,54)37(21-40)14-15-37)46-31(49)28-18-26(56-32-27-13-9-7-11-24(27)17-29(44-32)55-5)20-48(28)33(50)30(23(2)16-22)45-35(52)57-36(3,4)39(41,42)43/h7-9,11-13,17,22-23,25-26,28,30H,6,10,14-16,18-21H2,1-5H3,(H,45,52)(H,46,49)(H,47,51)/b12-8-/t22-,23-,25-,26-,28+,30+,38-/m1/s1. The SMILES string of the molecule is COc1cc2ccccc2c(O[C@@H]2C[C@H]3C(=O)N[C@]4(C(=O)NS(=O)(=O)C5(CF)CC5)C[C@H]4/C=C\CC[C@@H](C)C[C@@H](C)[C@H](NC(=O)OC(C)(C)C(F)(F)F)C(=O)N3C2)n1. The molecule has 3 N–H and O–H groups in total. The van der Waals surface area contributed by atoms with Crippen molar-refractivity contribution in [2.45, 2.75) is 113 Å². The van der Waals surface area contributed by atoms with Gasteiger partial charge >= 0.3 is 12.3 Å². The summed E-state index contributed by atoms with van der Waals surface area (Å²) in [5.41, 5.74) is -4.67. The Morgan fingerprint density at radius 2 is 1.81 bits per heavy atom. The predicted molar refractivity (Wildman–Crippen MR) is 202 cm³/mol. The van der Waals surface area contributed by atoms with E-state index in [1.807, 2.05) is 17.7 Å². The number of fused-ring (bicyclic) bond motifs is 3. The van der Waals surface area contributed by atoms with Crippen LogP contribution in [0.3, 0.4) is 0 Å². The lowest BCUT2D eigenvalue weighted by molar-refractivity contribution is -0.244. The lowest BCUT2D eigenvalue weighted by atomic mass is 9.88. The largest absolute Gasteiger partial charge is 0.481 e. The normalized spacial score (nSPS) is 29.4. The van der Waals surface area contributed by atoms with Gasteiger partial charge in [0.05, 0.1) is 13.7 Å². The van der Waals surface area contributed by atoms with Crippen LogP contribution in [0.1, 0.15) is 72.6 Å². The summed E-state index contributed by atoms with van der Waals surface area (Å²) in [5, 5.41) is 6.38. The first-order valence-electron chi connectivity index (χ1n) is 19.2. The molecule has 6 rings (SSSR count). The van der Waals surface area contributed by atoms with Crippen molar-refractivity contribution in [1.29, 1.82) is 0 Å². The van der Waals surface area contributed by atoms with Crippen LogP contribution in [0.15, 0.2) is 42.5 Å². The molecular formula is C39H49F4N5O9S. The molecule has 3 heterocycles. The smallest absolute Gasteiger partial charge is 0.427 e. The molecule has 4 aliphatic rings. The molecule has 1 aromatic heterocycles. The van der Waals surface area contributed by atoms with E-state index in [4.69, 9.17) is 14.2 Å². The minimum absolute atomic E-state index is 0.0110. The molecule has 19 heteroatoms. The molecule has 14 nitrogen and oxygen atoms in total. The highest BCUT2D eigenvalue weighted by Gasteiger charge is 2.64. The fourth-order valence-corrected chi connectivity index (χ4v) is 9.12. The van der Waals surface area contributed by atoms with E-state index < -0.39 is 92.6 Å². The number of alkyl carbamates (subject to hydrolysis) is 1. The van der Waals surface area contributed by atoms with Gasteiger partial charge in [-0.15, -0.1) is 0 Å². The Morgan fingerprint density at radius 3 is 2.47 bits per heavy atom. The van der Waals surface area contributed by atoms with Crippen molar-refractivity contribution in [2.75, 3.05) is 20.3 Å². The van der Waals surface area contributed by atoms with Crippen molar-refractivity contribution in [2.24, 2.45) is 17.8 Å². The van der Waals surface area contributed by atoms with Crippen LogP contribution in [0.25, 0.3) is 10.8 Å². The van der Waals surface area contributed by atoms with E-state index in [9.17, 15) is 45.2 Å². The molecule has 318 valence electrons. The number of nitrogens with one attached hydrogen (secondary N) is 3. The van der Waals surface area contributed by atoms with Gasteiger partial charge in [-0.1, -0.05) is 44.2 Å². The quantitative estimate of drug-likeness (QED) is 0.233. The Morgan fingerprint density at radius 1 is 1.10 bits per heavy atom. The average molecular weight is 840 g/mol. The minimum Gasteiger partial charge on any atom is -0.481 e. The second-order valence-electron chi connectivity index (χ2n) is 16.5. The number of carbonyl (C=O) groups is 4. The number of sulfonamides is 1. The number of pyridine rings is 1. The molecule has 3 fully saturated rings. The maximum atomic E-state index is 14.7. The third-order valence-electron chi connectivity index (χ3n) is 11.7. The number of hydrogen-bond donors (Lipinski definition) is 3. The van der Waals surface area contributed by atoms with Gasteiger partial charge in [-0.25, -0.2) is 17.6 Å². The Balaban J connectivity index is 1.36. The summed E-state index contributed by atoms with van der Waals surface area (Å²) < 4.78 is 98.1. The van der Waals surface area contributed by atoms with E-state index >= 15 is 0 Å². The number of benzene rings is 1. The first-order valence-corrected chi connectivity index (χ1v) is 20.7. The molecule has 1 saturated heterocycles. The summed E-state index contributed by atoms with van der Waals surface area (Å²) in [4.78, 5) is 61.8. The highest BCUT2D eigenvalue weighted by atomic mass is 32.2. The van der Waals surface area contributed by atoms with Crippen molar-refractivity contribution < 1.29 is 59.4 Å². The van der Waals surface area contributed by atoms with Gasteiger partial charge in [0, 0.05) is 23.8 Å². The van der Waals surface area contributed by atoms with Crippen molar-refractivity contribution >= 4 is 44.6 Å². The van der Waals surface area contributed by atoms with E-state index in [1.165, 1.54) is 7.11 Å². The van der Waals surface area contributed by atoms with Crippen molar-refractivity contribution in [3.05, 3.63) is 42.5 Å². The molecule has 58 heavy (non-hydrogen) atoms. The Hall–Kier alpha value is -4.68. The fourth-order valence-electron chi connectivity index (χ4n) is 7.69. The molecule has 0 unspecified atom stereocenters. The lowest BCUT2D eigenvalue weighted by Gasteiger charge is -2.34. The van der Waals surface area contributed by atoms with Crippen molar-refractivity contribution in [3.8, 4) is 11.8 Å². The first-order chi connectivity index (χ1) is 27.2. The van der Waals surface area contributed by atoms with Crippen LogP contribution in [-0.4, -0.2) is 103 Å². The van der Waals surface area contributed by atoms with Crippen LogP contribution >= 0.6 is 0 Å².